The van der Waals surface area contributed by atoms with Gasteiger partial charge in [0.05, 0.1) is 12.6 Å². The molecule has 2 rings (SSSR count). The van der Waals surface area contributed by atoms with Crippen molar-refractivity contribution in [1.29, 1.82) is 5.26 Å². The first-order valence-electron chi connectivity index (χ1n) is 7.61. The van der Waals surface area contributed by atoms with Gasteiger partial charge in [0.25, 0.3) is 0 Å². The van der Waals surface area contributed by atoms with Crippen molar-refractivity contribution >= 4 is 17.6 Å². The van der Waals surface area contributed by atoms with Crippen molar-refractivity contribution < 1.29 is 9.59 Å². The number of carbonyl (C=O) groups excluding carboxylic acids is 2. The second kappa shape index (κ2) is 7.93. The lowest BCUT2D eigenvalue weighted by molar-refractivity contribution is -0.127. The van der Waals surface area contributed by atoms with Crippen LogP contribution in [0.2, 0.25) is 0 Å². The van der Waals surface area contributed by atoms with Gasteiger partial charge in [-0.3, -0.25) is 9.69 Å². The van der Waals surface area contributed by atoms with Gasteiger partial charge in [0, 0.05) is 5.69 Å². The minimum Gasteiger partial charge on any atom is -0.307 e. The molecule has 122 valence electrons. The minimum atomic E-state index is -0.531. The number of rotatable bonds is 4. The molecule has 2 aromatic carbocycles. The Hall–Kier alpha value is -3.13. The number of anilines is 1. The normalized spacial score (nSPS) is 9.88. The summed E-state index contributed by atoms with van der Waals surface area (Å²) in [7, 11) is 0. The predicted octanol–water partition coefficient (Wildman–Crippen LogP) is 3.78. The number of nitrogens with one attached hydrogen (secondary N) is 1. The number of imide groups is 1. The Morgan fingerprint density at radius 2 is 1.67 bits per heavy atom. The molecule has 5 heteroatoms. The molecule has 0 aliphatic carbocycles. The van der Waals surface area contributed by atoms with Crippen LogP contribution in [0, 0.1) is 25.2 Å². The van der Waals surface area contributed by atoms with Crippen LogP contribution in [0.25, 0.3) is 0 Å². The zero-order valence-electron chi connectivity index (χ0n) is 13.7. The van der Waals surface area contributed by atoms with Crippen LogP contribution >= 0.6 is 0 Å². The van der Waals surface area contributed by atoms with E-state index in [0.29, 0.717) is 5.69 Å². The Kier molecular flexibility index (Phi) is 5.69. The molecule has 0 unspecified atom stereocenters. The minimum absolute atomic E-state index is 0.123. The molecule has 0 bridgehead atoms. The van der Waals surface area contributed by atoms with Crippen molar-refractivity contribution in [2.45, 2.75) is 26.8 Å². The number of nitrogens with zero attached hydrogens (tertiary/aromatic N) is 2. The molecule has 0 aromatic heterocycles. The Bertz CT molecular complexity index is 759. The summed E-state index contributed by atoms with van der Waals surface area (Å²) >= 11 is 0. The average molecular weight is 321 g/mol. The van der Waals surface area contributed by atoms with Crippen molar-refractivity contribution in [1.82, 2.24) is 4.90 Å². The molecule has 0 atom stereocenters. The van der Waals surface area contributed by atoms with E-state index in [2.05, 4.69) is 5.32 Å². The van der Waals surface area contributed by atoms with Crippen molar-refractivity contribution in [3.05, 3.63) is 65.2 Å². The lowest BCUT2D eigenvalue weighted by Crippen LogP contribution is -2.39. The van der Waals surface area contributed by atoms with Gasteiger partial charge in [-0.25, -0.2) is 4.79 Å². The fraction of sp³-hybridized carbons (Fsp3) is 0.211. The fourth-order valence-corrected chi connectivity index (χ4v) is 2.39. The van der Waals surface area contributed by atoms with Gasteiger partial charge in [-0.2, -0.15) is 5.26 Å². The standard InChI is InChI=1S/C19H19N3O2/c1-14-7-6-8-15(2)18(14)21-19(24)22(17(23)11-12-20)13-16-9-4-3-5-10-16/h3-10H,11,13H2,1-2H3,(H,21,24). The van der Waals surface area contributed by atoms with Crippen molar-refractivity contribution in [3.8, 4) is 6.07 Å². The van der Waals surface area contributed by atoms with Crippen molar-refractivity contribution in [3.63, 3.8) is 0 Å². The smallest absolute Gasteiger partial charge is 0.307 e. The molecule has 0 saturated carbocycles. The zero-order valence-corrected chi connectivity index (χ0v) is 13.7. The molecule has 0 saturated heterocycles. The lowest BCUT2D eigenvalue weighted by Gasteiger charge is -2.22. The molecule has 0 aliphatic rings. The van der Waals surface area contributed by atoms with E-state index in [-0.39, 0.29) is 13.0 Å². The molecule has 0 aliphatic heterocycles. The molecule has 0 radical (unpaired) electrons. The highest BCUT2D eigenvalue weighted by molar-refractivity contribution is 6.02. The number of amides is 3. The van der Waals surface area contributed by atoms with Crippen LogP contribution in [-0.2, 0) is 11.3 Å². The van der Waals surface area contributed by atoms with Gasteiger partial charge in [-0.15, -0.1) is 0 Å². The molecular weight excluding hydrogens is 302 g/mol. The van der Waals surface area contributed by atoms with Crippen LogP contribution in [-0.4, -0.2) is 16.8 Å². The second-order valence-corrected chi connectivity index (χ2v) is 5.50. The molecule has 1 N–H and O–H groups in total. The van der Waals surface area contributed by atoms with Crippen LogP contribution in [0.3, 0.4) is 0 Å². The van der Waals surface area contributed by atoms with E-state index in [0.717, 1.165) is 21.6 Å². The van der Waals surface area contributed by atoms with E-state index in [1.54, 1.807) is 6.07 Å². The largest absolute Gasteiger partial charge is 0.328 e. The maximum absolute atomic E-state index is 12.6. The molecule has 3 amide bonds. The first kappa shape index (κ1) is 17.2. The van der Waals surface area contributed by atoms with E-state index in [4.69, 9.17) is 5.26 Å². The third-order valence-electron chi connectivity index (χ3n) is 3.67. The summed E-state index contributed by atoms with van der Waals surface area (Å²) in [5.74, 6) is -0.523. The Morgan fingerprint density at radius 3 is 2.25 bits per heavy atom. The zero-order chi connectivity index (χ0) is 17.5. The van der Waals surface area contributed by atoms with E-state index in [9.17, 15) is 9.59 Å². The fourth-order valence-electron chi connectivity index (χ4n) is 2.39. The summed E-state index contributed by atoms with van der Waals surface area (Å²) in [6.07, 6.45) is -0.340. The van der Waals surface area contributed by atoms with Gasteiger partial charge in [0.15, 0.2) is 0 Å². The summed E-state index contributed by atoms with van der Waals surface area (Å²) in [6, 6.07) is 16.2. The Balaban J connectivity index is 2.24. The molecule has 0 heterocycles. The summed E-state index contributed by atoms with van der Waals surface area (Å²) in [5, 5.41) is 11.6. The first-order valence-corrected chi connectivity index (χ1v) is 7.61. The first-order chi connectivity index (χ1) is 11.5. The summed E-state index contributed by atoms with van der Waals surface area (Å²) < 4.78 is 0. The monoisotopic (exact) mass is 321 g/mol. The van der Waals surface area contributed by atoms with Gasteiger partial charge < -0.3 is 5.32 Å². The van der Waals surface area contributed by atoms with E-state index >= 15 is 0 Å². The van der Waals surface area contributed by atoms with Gasteiger partial charge >= 0.3 is 6.03 Å². The van der Waals surface area contributed by atoms with Gasteiger partial charge in [-0.05, 0) is 30.5 Å². The molecule has 0 fully saturated rings. The number of aryl methyl sites for hydroxylation is 2. The van der Waals surface area contributed by atoms with Crippen LogP contribution in [0.5, 0.6) is 0 Å². The molecule has 0 spiro atoms. The van der Waals surface area contributed by atoms with E-state index in [1.165, 1.54) is 0 Å². The maximum atomic E-state index is 12.6. The van der Waals surface area contributed by atoms with Crippen LogP contribution in [0.4, 0.5) is 10.5 Å². The average Bonchev–Trinajstić information content (AvgIpc) is 2.57. The lowest BCUT2D eigenvalue weighted by atomic mass is 10.1. The van der Waals surface area contributed by atoms with Gasteiger partial charge in [0.2, 0.25) is 5.91 Å². The number of benzene rings is 2. The van der Waals surface area contributed by atoms with Crippen LogP contribution < -0.4 is 5.32 Å². The third kappa shape index (κ3) is 4.20. The topological polar surface area (TPSA) is 73.2 Å². The van der Waals surface area contributed by atoms with Gasteiger partial charge in [0.1, 0.15) is 6.42 Å². The molecule has 5 nitrogen and oxygen atoms in total. The molecular formula is C19H19N3O2. The van der Waals surface area contributed by atoms with Crippen molar-refractivity contribution in [2.24, 2.45) is 0 Å². The number of carbonyl (C=O) groups is 2. The number of hydrogen-bond donors (Lipinski definition) is 1. The quantitative estimate of drug-likeness (QED) is 0.931. The second-order valence-electron chi connectivity index (χ2n) is 5.50. The Labute approximate surface area is 141 Å². The number of hydrogen-bond acceptors (Lipinski definition) is 3. The highest BCUT2D eigenvalue weighted by Gasteiger charge is 2.22. The molecule has 2 aromatic rings. The van der Waals surface area contributed by atoms with E-state index in [1.807, 2.05) is 62.4 Å². The third-order valence-corrected chi connectivity index (χ3v) is 3.67. The maximum Gasteiger partial charge on any atom is 0.328 e. The van der Waals surface area contributed by atoms with Crippen molar-refractivity contribution in [2.75, 3.05) is 5.32 Å². The van der Waals surface area contributed by atoms with E-state index < -0.39 is 11.9 Å². The number of nitriles is 1. The summed E-state index contributed by atoms with van der Waals surface area (Å²) in [4.78, 5) is 25.9. The molecule has 24 heavy (non-hydrogen) atoms. The predicted molar refractivity (Wildman–Crippen MR) is 92.2 cm³/mol. The number of para-hydroxylation sites is 1. The highest BCUT2D eigenvalue weighted by Crippen LogP contribution is 2.20. The number of urea groups is 1. The van der Waals surface area contributed by atoms with Crippen LogP contribution in [0.15, 0.2) is 48.5 Å². The van der Waals surface area contributed by atoms with Crippen LogP contribution in [0.1, 0.15) is 23.1 Å². The Morgan fingerprint density at radius 1 is 1.04 bits per heavy atom. The highest BCUT2D eigenvalue weighted by atomic mass is 16.2. The summed E-state index contributed by atoms with van der Waals surface area (Å²) in [5.41, 5.74) is 3.33. The summed E-state index contributed by atoms with van der Waals surface area (Å²) in [6.45, 7) is 3.90. The van der Waals surface area contributed by atoms with Gasteiger partial charge in [-0.1, -0.05) is 48.5 Å². The SMILES string of the molecule is Cc1cccc(C)c1NC(=O)N(Cc1ccccc1)C(=O)CC#N.